The molecule has 0 saturated carbocycles. The maximum Gasteiger partial charge on any atom is 0.222 e. The standard InChI is InChI=1S/C23H37NO2Si.C22H34INO2Si/c1-19-18-25-22(24-19)21(26-27(5,6)23(2,3)4)17-13-8-7-10-14-20-15-11-9-12-16-20;1-22(2,3)27(4,5)26-19(21-24-20(23)17-25-21)16-12-7-6-9-13-18-14-10-8-11-15-18/h9,11-12,15-16,18,21H,7-8,10,13-14,17H2,1-6H3;8,10-11,14-15,17,19H,6-7,9,12-13,16H2,1-5H3. The number of aryl methyl sites for hydroxylation is 3. The fourth-order valence-corrected chi connectivity index (χ4v) is 8.71. The van der Waals surface area contributed by atoms with Gasteiger partial charge in [-0.25, -0.2) is 9.97 Å². The van der Waals surface area contributed by atoms with Gasteiger partial charge in [0.2, 0.25) is 11.8 Å². The van der Waals surface area contributed by atoms with Crippen LogP contribution in [0.3, 0.4) is 0 Å². The first kappa shape index (κ1) is 46.3. The van der Waals surface area contributed by atoms with Crippen LogP contribution in [0.1, 0.15) is 147 Å². The second kappa shape index (κ2) is 22.0. The molecule has 0 aliphatic rings. The highest BCUT2D eigenvalue weighted by molar-refractivity contribution is 14.1. The molecule has 0 N–H and O–H groups in total. The maximum absolute atomic E-state index is 6.66. The molecule has 300 valence electrons. The molecule has 0 spiro atoms. The van der Waals surface area contributed by atoms with Crippen LogP contribution >= 0.6 is 22.6 Å². The van der Waals surface area contributed by atoms with Crippen LogP contribution in [0.5, 0.6) is 0 Å². The third-order valence-electron chi connectivity index (χ3n) is 11.2. The van der Waals surface area contributed by atoms with E-state index in [1.54, 1.807) is 12.5 Å². The van der Waals surface area contributed by atoms with Crippen molar-refractivity contribution in [3.05, 3.63) is 105 Å². The second-order valence-corrected chi connectivity index (χ2v) is 28.6. The van der Waals surface area contributed by atoms with E-state index >= 15 is 0 Å². The van der Waals surface area contributed by atoms with Gasteiger partial charge in [-0.3, -0.25) is 0 Å². The third-order valence-corrected chi connectivity index (χ3v) is 20.7. The fraction of sp³-hybridized carbons (Fsp3) is 0.600. The van der Waals surface area contributed by atoms with Gasteiger partial charge in [0.1, 0.15) is 28.4 Å². The van der Waals surface area contributed by atoms with Crippen LogP contribution in [-0.2, 0) is 21.7 Å². The average Bonchev–Trinajstić information content (AvgIpc) is 3.74. The molecular weight excluding hydrogens is 816 g/mol. The molecule has 2 heterocycles. The molecular formula is C45H71IN2O4Si2. The van der Waals surface area contributed by atoms with Gasteiger partial charge in [-0.15, -0.1) is 0 Å². The van der Waals surface area contributed by atoms with Crippen molar-refractivity contribution in [3.63, 3.8) is 0 Å². The second-order valence-electron chi connectivity index (χ2n) is 17.9. The summed E-state index contributed by atoms with van der Waals surface area (Å²) in [6, 6.07) is 21.5. The number of halogens is 1. The van der Waals surface area contributed by atoms with E-state index in [0.717, 1.165) is 46.9 Å². The molecule has 9 heteroatoms. The molecule has 0 bridgehead atoms. The van der Waals surface area contributed by atoms with Gasteiger partial charge in [0, 0.05) is 0 Å². The molecule has 2 aromatic heterocycles. The molecule has 2 atom stereocenters. The lowest BCUT2D eigenvalue weighted by Crippen LogP contribution is -2.41. The van der Waals surface area contributed by atoms with E-state index in [2.05, 4.69) is 161 Å². The van der Waals surface area contributed by atoms with E-state index in [1.165, 1.54) is 62.5 Å². The summed E-state index contributed by atoms with van der Waals surface area (Å²) in [5.41, 5.74) is 3.80. The van der Waals surface area contributed by atoms with E-state index in [-0.39, 0.29) is 22.3 Å². The molecule has 2 unspecified atom stereocenters. The van der Waals surface area contributed by atoms with Crippen molar-refractivity contribution >= 4 is 39.2 Å². The predicted octanol–water partition coefficient (Wildman–Crippen LogP) is 14.8. The maximum atomic E-state index is 6.66. The number of rotatable bonds is 20. The Kier molecular flexibility index (Phi) is 18.9. The molecule has 0 fully saturated rings. The summed E-state index contributed by atoms with van der Waals surface area (Å²) in [7, 11) is -3.72. The molecule has 0 saturated heterocycles. The van der Waals surface area contributed by atoms with Gasteiger partial charge >= 0.3 is 0 Å². The van der Waals surface area contributed by atoms with Gasteiger partial charge in [-0.1, -0.05) is 141 Å². The number of hydrogen-bond acceptors (Lipinski definition) is 6. The predicted molar refractivity (Wildman–Crippen MR) is 239 cm³/mol. The normalized spacial score (nSPS) is 13.7. The fourth-order valence-electron chi connectivity index (χ4n) is 5.78. The monoisotopic (exact) mass is 886 g/mol. The zero-order valence-corrected chi connectivity index (χ0v) is 39.6. The molecule has 0 amide bonds. The van der Waals surface area contributed by atoms with Crippen molar-refractivity contribution in [3.8, 4) is 0 Å². The van der Waals surface area contributed by atoms with Crippen molar-refractivity contribution in [2.45, 2.75) is 174 Å². The summed E-state index contributed by atoms with van der Waals surface area (Å²) in [5.74, 6) is 1.50. The van der Waals surface area contributed by atoms with Crippen LogP contribution in [0.15, 0.2) is 82.0 Å². The Morgan fingerprint density at radius 3 is 1.31 bits per heavy atom. The number of aromatic nitrogens is 2. The lowest BCUT2D eigenvalue weighted by atomic mass is 10.0. The summed E-state index contributed by atoms with van der Waals surface area (Å²) < 4.78 is 25.6. The quantitative estimate of drug-likeness (QED) is 0.0500. The van der Waals surface area contributed by atoms with Crippen LogP contribution in [-0.4, -0.2) is 26.6 Å². The summed E-state index contributed by atoms with van der Waals surface area (Å²) in [6.45, 7) is 24.8. The van der Waals surface area contributed by atoms with Crippen LogP contribution < -0.4 is 0 Å². The molecule has 0 aliphatic carbocycles. The van der Waals surface area contributed by atoms with Gasteiger partial charge in [-0.2, -0.15) is 0 Å². The molecule has 4 rings (SSSR count). The van der Waals surface area contributed by atoms with E-state index in [1.807, 2.05) is 6.92 Å². The zero-order valence-electron chi connectivity index (χ0n) is 35.5. The number of benzene rings is 2. The summed E-state index contributed by atoms with van der Waals surface area (Å²) >= 11 is 2.20. The summed E-state index contributed by atoms with van der Waals surface area (Å²) in [6.07, 6.45) is 17.5. The Morgan fingerprint density at radius 1 is 0.574 bits per heavy atom. The topological polar surface area (TPSA) is 70.5 Å². The van der Waals surface area contributed by atoms with Crippen molar-refractivity contribution in [1.29, 1.82) is 0 Å². The summed E-state index contributed by atoms with van der Waals surface area (Å²) in [4.78, 5) is 9.11. The minimum atomic E-state index is -1.86. The van der Waals surface area contributed by atoms with E-state index in [9.17, 15) is 0 Å². The number of hydrogen-bond donors (Lipinski definition) is 0. The molecule has 6 nitrogen and oxygen atoms in total. The van der Waals surface area contributed by atoms with Crippen molar-refractivity contribution < 1.29 is 17.7 Å². The lowest BCUT2D eigenvalue weighted by molar-refractivity contribution is 0.138. The SMILES string of the molecule is CC(C)(C)[Si](C)(C)OC(CCCCCCc1ccccc1)c1nc(I)co1.Cc1coc(C(CCCCCCc2ccccc2)O[Si](C)(C)C(C)(C)C)n1. The van der Waals surface area contributed by atoms with Gasteiger partial charge < -0.3 is 17.7 Å². The number of nitrogens with zero attached hydrogens (tertiary/aromatic N) is 2. The van der Waals surface area contributed by atoms with Crippen LogP contribution in [0.25, 0.3) is 0 Å². The minimum Gasteiger partial charge on any atom is -0.446 e. The first-order chi connectivity index (χ1) is 25.4. The van der Waals surface area contributed by atoms with E-state index in [4.69, 9.17) is 17.7 Å². The Hall–Kier alpha value is -2.06. The zero-order chi connectivity index (χ0) is 39.8. The van der Waals surface area contributed by atoms with Crippen molar-refractivity contribution in [1.82, 2.24) is 9.97 Å². The number of oxazole rings is 2. The highest BCUT2D eigenvalue weighted by atomic mass is 127. The van der Waals surface area contributed by atoms with E-state index in [0.29, 0.717) is 0 Å². The van der Waals surface area contributed by atoms with Crippen LogP contribution in [0.2, 0.25) is 36.3 Å². The van der Waals surface area contributed by atoms with Crippen molar-refractivity contribution in [2.24, 2.45) is 0 Å². The van der Waals surface area contributed by atoms with Gasteiger partial charge in [0.05, 0.1) is 5.69 Å². The van der Waals surface area contributed by atoms with Crippen molar-refractivity contribution in [2.75, 3.05) is 0 Å². The Balaban J connectivity index is 0.000000290. The Bertz CT molecular complexity index is 1470. The third kappa shape index (κ3) is 16.2. The average molecular weight is 887 g/mol. The summed E-state index contributed by atoms with van der Waals surface area (Å²) in [5, 5.41) is 0.364. The Labute approximate surface area is 344 Å². The molecule has 4 aromatic rings. The molecule has 2 aromatic carbocycles. The largest absolute Gasteiger partial charge is 0.446 e. The molecule has 0 aliphatic heterocycles. The van der Waals surface area contributed by atoms with E-state index < -0.39 is 16.6 Å². The van der Waals surface area contributed by atoms with Crippen LogP contribution in [0.4, 0.5) is 0 Å². The first-order valence-electron chi connectivity index (χ1n) is 20.3. The van der Waals surface area contributed by atoms with Gasteiger partial charge in [0.25, 0.3) is 0 Å². The van der Waals surface area contributed by atoms with Crippen LogP contribution in [0, 0.1) is 10.6 Å². The lowest BCUT2D eigenvalue weighted by Gasteiger charge is -2.38. The van der Waals surface area contributed by atoms with Gasteiger partial charge in [-0.05, 0) is 115 Å². The van der Waals surface area contributed by atoms with Gasteiger partial charge in [0.15, 0.2) is 16.6 Å². The number of unbranched alkanes of at least 4 members (excludes halogenated alkanes) is 6. The Morgan fingerprint density at radius 2 is 0.963 bits per heavy atom. The highest BCUT2D eigenvalue weighted by Gasteiger charge is 2.41. The first-order valence-corrected chi connectivity index (χ1v) is 27.2. The highest BCUT2D eigenvalue weighted by Crippen LogP contribution is 2.42. The molecule has 0 radical (unpaired) electrons. The smallest absolute Gasteiger partial charge is 0.222 e. The molecule has 54 heavy (non-hydrogen) atoms. The minimum absolute atomic E-state index is 0.0197.